The molecule has 1 fully saturated rings. The normalized spacial score (nSPS) is 17.0. The van der Waals surface area contributed by atoms with E-state index in [1.54, 1.807) is 18.4 Å². The maximum Gasteiger partial charge on any atom is 0.310 e. The minimum atomic E-state index is -0.106. The largest absolute Gasteiger partial charge is 0.466 e. The Bertz CT molecular complexity index is 782. The standard InChI is InChI=1S/C20H26N4O2S.HI/c1-3-26-19(25)16-10-7-11-24(13-16)20(21-2)22-12-18-23-17(14-27-18)15-8-5-4-6-9-15;/h4-6,8-9,14,16H,3,7,10-13H2,1-2H3,(H,21,22);1H. The topological polar surface area (TPSA) is 66.8 Å². The Hall–Kier alpha value is -1.68. The number of piperidine rings is 1. The Kier molecular flexibility index (Phi) is 9.17. The Balaban J connectivity index is 0.00000280. The minimum Gasteiger partial charge on any atom is -0.466 e. The lowest BCUT2D eigenvalue weighted by Gasteiger charge is -2.33. The average Bonchev–Trinajstić information content (AvgIpc) is 3.19. The molecule has 1 atom stereocenters. The maximum atomic E-state index is 12.1. The number of rotatable bonds is 5. The molecule has 1 saturated heterocycles. The Labute approximate surface area is 187 Å². The number of hydrogen-bond acceptors (Lipinski definition) is 5. The zero-order valence-electron chi connectivity index (χ0n) is 16.3. The van der Waals surface area contributed by atoms with E-state index in [-0.39, 0.29) is 35.9 Å². The number of benzene rings is 1. The van der Waals surface area contributed by atoms with E-state index in [2.05, 4.69) is 32.7 Å². The van der Waals surface area contributed by atoms with Crippen molar-refractivity contribution >= 4 is 47.2 Å². The number of aliphatic imine (C=N–C) groups is 1. The molecule has 0 amide bonds. The smallest absolute Gasteiger partial charge is 0.310 e. The highest BCUT2D eigenvalue weighted by molar-refractivity contribution is 14.0. The van der Waals surface area contributed by atoms with Crippen molar-refractivity contribution in [3.63, 3.8) is 0 Å². The molecule has 1 aliphatic heterocycles. The molecule has 28 heavy (non-hydrogen) atoms. The van der Waals surface area contributed by atoms with Crippen molar-refractivity contribution in [2.45, 2.75) is 26.3 Å². The van der Waals surface area contributed by atoms with Gasteiger partial charge in [-0.1, -0.05) is 30.3 Å². The first-order valence-corrected chi connectivity index (χ1v) is 10.2. The monoisotopic (exact) mass is 514 g/mol. The van der Waals surface area contributed by atoms with Crippen molar-refractivity contribution < 1.29 is 9.53 Å². The molecule has 3 rings (SSSR count). The number of carbonyl (C=O) groups excluding carboxylic acids is 1. The third-order valence-electron chi connectivity index (χ3n) is 4.57. The van der Waals surface area contributed by atoms with Gasteiger partial charge in [0.15, 0.2) is 5.96 Å². The first kappa shape index (κ1) is 22.6. The lowest BCUT2D eigenvalue weighted by molar-refractivity contribution is -0.149. The van der Waals surface area contributed by atoms with Gasteiger partial charge in [-0.05, 0) is 19.8 Å². The number of thiazole rings is 1. The second-order valence-electron chi connectivity index (χ2n) is 6.43. The predicted octanol–water partition coefficient (Wildman–Crippen LogP) is 3.78. The number of hydrogen-bond donors (Lipinski definition) is 1. The highest BCUT2D eigenvalue weighted by Crippen LogP contribution is 2.22. The number of nitrogens with zero attached hydrogens (tertiary/aromatic N) is 3. The van der Waals surface area contributed by atoms with E-state index in [0.717, 1.165) is 41.6 Å². The summed E-state index contributed by atoms with van der Waals surface area (Å²) in [5.41, 5.74) is 2.12. The summed E-state index contributed by atoms with van der Waals surface area (Å²) in [5.74, 6) is 0.618. The highest BCUT2D eigenvalue weighted by atomic mass is 127. The van der Waals surface area contributed by atoms with Crippen LogP contribution in [0.1, 0.15) is 24.8 Å². The molecule has 8 heteroatoms. The van der Waals surface area contributed by atoms with Crippen LogP contribution < -0.4 is 5.32 Å². The van der Waals surface area contributed by atoms with Gasteiger partial charge in [0, 0.05) is 31.1 Å². The molecule has 0 bridgehead atoms. The first-order valence-electron chi connectivity index (χ1n) is 9.33. The number of nitrogens with one attached hydrogen (secondary N) is 1. The number of guanidine groups is 1. The molecule has 152 valence electrons. The van der Waals surface area contributed by atoms with Gasteiger partial charge in [0.25, 0.3) is 0 Å². The quantitative estimate of drug-likeness (QED) is 0.285. The van der Waals surface area contributed by atoms with Crippen molar-refractivity contribution in [3.05, 3.63) is 40.7 Å². The summed E-state index contributed by atoms with van der Waals surface area (Å²) in [6, 6.07) is 10.2. The first-order chi connectivity index (χ1) is 13.2. The summed E-state index contributed by atoms with van der Waals surface area (Å²) in [7, 11) is 1.77. The van der Waals surface area contributed by atoms with Crippen LogP contribution in [0.4, 0.5) is 0 Å². The lowest BCUT2D eigenvalue weighted by Crippen LogP contribution is -2.48. The van der Waals surface area contributed by atoms with Gasteiger partial charge in [0.1, 0.15) is 5.01 Å². The average molecular weight is 514 g/mol. The van der Waals surface area contributed by atoms with Gasteiger partial charge >= 0.3 is 5.97 Å². The number of ether oxygens (including phenoxy) is 1. The summed E-state index contributed by atoms with van der Waals surface area (Å²) >= 11 is 1.63. The zero-order valence-corrected chi connectivity index (χ0v) is 19.4. The van der Waals surface area contributed by atoms with Gasteiger partial charge in [-0.3, -0.25) is 9.79 Å². The molecule has 2 heterocycles. The van der Waals surface area contributed by atoms with Crippen LogP contribution in [-0.2, 0) is 16.1 Å². The fourth-order valence-electron chi connectivity index (χ4n) is 3.24. The lowest BCUT2D eigenvalue weighted by atomic mass is 9.98. The SMILES string of the molecule is CCOC(=O)C1CCCN(C(=NC)NCc2nc(-c3ccccc3)cs2)C1.I. The van der Waals surface area contributed by atoms with Gasteiger partial charge in [0.05, 0.1) is 24.8 Å². The molecule has 0 spiro atoms. The van der Waals surface area contributed by atoms with Crippen molar-refractivity contribution in [1.29, 1.82) is 0 Å². The Morgan fingerprint density at radius 3 is 2.89 bits per heavy atom. The summed E-state index contributed by atoms with van der Waals surface area (Å²) in [4.78, 5) is 23.3. The number of esters is 1. The van der Waals surface area contributed by atoms with Crippen LogP contribution in [0.15, 0.2) is 40.7 Å². The number of halogens is 1. The summed E-state index contributed by atoms with van der Waals surface area (Å²) in [5, 5.41) is 6.47. The van der Waals surface area contributed by atoms with E-state index in [1.165, 1.54) is 0 Å². The van der Waals surface area contributed by atoms with Gasteiger partial charge in [-0.25, -0.2) is 4.98 Å². The molecule has 0 radical (unpaired) electrons. The second-order valence-corrected chi connectivity index (χ2v) is 7.37. The van der Waals surface area contributed by atoms with Crippen LogP contribution in [0, 0.1) is 5.92 Å². The van der Waals surface area contributed by atoms with E-state index < -0.39 is 0 Å². The van der Waals surface area contributed by atoms with Crippen molar-refractivity contribution in [3.8, 4) is 11.3 Å². The molecule has 0 saturated carbocycles. The molecule has 1 aromatic carbocycles. The third kappa shape index (κ3) is 5.91. The zero-order chi connectivity index (χ0) is 19.1. The van der Waals surface area contributed by atoms with E-state index in [1.807, 2.05) is 25.1 Å². The van der Waals surface area contributed by atoms with Crippen LogP contribution in [0.2, 0.25) is 0 Å². The van der Waals surface area contributed by atoms with Crippen LogP contribution in [0.25, 0.3) is 11.3 Å². The van der Waals surface area contributed by atoms with E-state index in [9.17, 15) is 4.79 Å². The molecular formula is C20H27IN4O2S. The molecule has 2 aromatic rings. The maximum absolute atomic E-state index is 12.1. The predicted molar refractivity (Wildman–Crippen MR) is 124 cm³/mol. The van der Waals surface area contributed by atoms with Crippen LogP contribution in [0.5, 0.6) is 0 Å². The van der Waals surface area contributed by atoms with E-state index in [4.69, 9.17) is 9.72 Å². The van der Waals surface area contributed by atoms with Gasteiger partial charge in [-0.15, -0.1) is 35.3 Å². The van der Waals surface area contributed by atoms with Gasteiger partial charge < -0.3 is 15.0 Å². The fraction of sp³-hybridized carbons (Fsp3) is 0.450. The van der Waals surface area contributed by atoms with Crippen molar-refractivity contribution in [1.82, 2.24) is 15.2 Å². The van der Waals surface area contributed by atoms with Crippen LogP contribution in [0.3, 0.4) is 0 Å². The molecular weight excluding hydrogens is 487 g/mol. The van der Waals surface area contributed by atoms with E-state index in [0.29, 0.717) is 19.7 Å². The Morgan fingerprint density at radius 1 is 1.39 bits per heavy atom. The fourth-order valence-corrected chi connectivity index (χ4v) is 3.99. The van der Waals surface area contributed by atoms with Crippen molar-refractivity contribution in [2.75, 3.05) is 26.7 Å². The number of aromatic nitrogens is 1. The molecule has 6 nitrogen and oxygen atoms in total. The number of likely N-dealkylation sites (tertiary alicyclic amines) is 1. The molecule has 1 unspecified atom stereocenters. The third-order valence-corrected chi connectivity index (χ3v) is 5.42. The molecule has 1 aromatic heterocycles. The van der Waals surface area contributed by atoms with Crippen LogP contribution >= 0.6 is 35.3 Å². The summed E-state index contributed by atoms with van der Waals surface area (Å²) in [6.45, 7) is 4.42. The van der Waals surface area contributed by atoms with Crippen LogP contribution in [-0.4, -0.2) is 48.6 Å². The minimum absolute atomic E-state index is 0. The highest BCUT2D eigenvalue weighted by Gasteiger charge is 2.28. The number of carbonyl (C=O) groups is 1. The van der Waals surface area contributed by atoms with E-state index >= 15 is 0 Å². The van der Waals surface area contributed by atoms with Gasteiger partial charge in [0.2, 0.25) is 0 Å². The molecule has 0 aliphatic carbocycles. The molecule has 1 aliphatic rings. The van der Waals surface area contributed by atoms with Crippen molar-refractivity contribution in [2.24, 2.45) is 10.9 Å². The molecule has 1 N–H and O–H groups in total. The Morgan fingerprint density at radius 2 is 2.18 bits per heavy atom. The summed E-state index contributed by atoms with van der Waals surface area (Å²) in [6.07, 6.45) is 1.83. The second kappa shape index (κ2) is 11.4. The van der Waals surface area contributed by atoms with Gasteiger partial charge in [-0.2, -0.15) is 0 Å². The summed E-state index contributed by atoms with van der Waals surface area (Å²) < 4.78 is 5.18.